The van der Waals surface area contributed by atoms with Crippen LogP contribution < -0.4 is 5.32 Å². The summed E-state index contributed by atoms with van der Waals surface area (Å²) >= 11 is 1.30. The molecule has 0 bridgehead atoms. The van der Waals surface area contributed by atoms with Crippen molar-refractivity contribution < 1.29 is 9.21 Å². The van der Waals surface area contributed by atoms with Gasteiger partial charge >= 0.3 is 0 Å². The standard InChI is InChI=1S/C18H17N5O2S/c1-11-14(8-9-25-11)16-21-22-18(23(16)3)26-12(2)17(24)20-15-7-5-4-6-13(15)10-19/h4-9,12H,1-3H3,(H,20,24). The number of amides is 1. The van der Waals surface area contributed by atoms with Crippen LogP contribution in [0.2, 0.25) is 0 Å². The smallest absolute Gasteiger partial charge is 0.237 e. The van der Waals surface area contributed by atoms with Crippen LogP contribution in [0.5, 0.6) is 0 Å². The van der Waals surface area contributed by atoms with Crippen molar-refractivity contribution >= 4 is 23.4 Å². The van der Waals surface area contributed by atoms with Crippen LogP contribution in [0.4, 0.5) is 5.69 Å². The van der Waals surface area contributed by atoms with Gasteiger partial charge in [-0.15, -0.1) is 10.2 Å². The molecular weight excluding hydrogens is 350 g/mol. The molecule has 0 fully saturated rings. The number of rotatable bonds is 5. The zero-order valence-electron chi connectivity index (χ0n) is 14.6. The Morgan fingerprint density at radius 1 is 1.35 bits per heavy atom. The fourth-order valence-electron chi connectivity index (χ4n) is 2.40. The lowest BCUT2D eigenvalue weighted by Gasteiger charge is -2.12. The average Bonchev–Trinajstić information content (AvgIpc) is 3.21. The van der Waals surface area contributed by atoms with Gasteiger partial charge in [-0.25, -0.2) is 0 Å². The Kier molecular flexibility index (Phi) is 5.09. The van der Waals surface area contributed by atoms with E-state index >= 15 is 0 Å². The van der Waals surface area contributed by atoms with Crippen molar-refractivity contribution in [2.45, 2.75) is 24.3 Å². The van der Waals surface area contributed by atoms with Gasteiger partial charge in [0.2, 0.25) is 5.91 Å². The molecule has 7 nitrogen and oxygen atoms in total. The van der Waals surface area contributed by atoms with E-state index in [9.17, 15) is 4.79 Å². The summed E-state index contributed by atoms with van der Waals surface area (Å²) in [5, 5.41) is 20.5. The summed E-state index contributed by atoms with van der Waals surface area (Å²) in [6, 6.07) is 10.8. The van der Waals surface area contributed by atoms with Gasteiger partial charge in [0.05, 0.1) is 28.3 Å². The van der Waals surface area contributed by atoms with E-state index in [1.807, 2.05) is 24.6 Å². The average molecular weight is 367 g/mol. The van der Waals surface area contributed by atoms with Gasteiger partial charge in [-0.3, -0.25) is 4.79 Å². The van der Waals surface area contributed by atoms with Crippen molar-refractivity contribution in [3.05, 3.63) is 47.9 Å². The molecule has 2 heterocycles. The van der Waals surface area contributed by atoms with E-state index in [1.54, 1.807) is 37.5 Å². The number of hydrogen-bond donors (Lipinski definition) is 1. The third-order valence-electron chi connectivity index (χ3n) is 3.89. The van der Waals surface area contributed by atoms with Crippen molar-refractivity contribution in [2.24, 2.45) is 7.05 Å². The molecule has 0 radical (unpaired) electrons. The number of carbonyl (C=O) groups is 1. The van der Waals surface area contributed by atoms with Gasteiger partial charge in [-0.05, 0) is 32.0 Å². The molecule has 0 aliphatic heterocycles. The molecule has 26 heavy (non-hydrogen) atoms. The van der Waals surface area contributed by atoms with E-state index in [0.29, 0.717) is 22.2 Å². The summed E-state index contributed by atoms with van der Waals surface area (Å²) < 4.78 is 7.14. The number of nitrogens with one attached hydrogen (secondary N) is 1. The minimum Gasteiger partial charge on any atom is -0.469 e. The molecular formula is C18H17N5O2S. The first-order valence-electron chi connectivity index (χ1n) is 7.91. The largest absolute Gasteiger partial charge is 0.469 e. The number of hydrogen-bond acceptors (Lipinski definition) is 6. The van der Waals surface area contributed by atoms with Crippen LogP contribution in [0.25, 0.3) is 11.4 Å². The Hall–Kier alpha value is -3.05. The van der Waals surface area contributed by atoms with Crippen LogP contribution in [-0.2, 0) is 11.8 Å². The molecule has 0 aliphatic rings. The van der Waals surface area contributed by atoms with Gasteiger partial charge in [0.1, 0.15) is 11.8 Å². The second kappa shape index (κ2) is 7.45. The number of thioether (sulfide) groups is 1. The molecule has 3 aromatic rings. The first kappa shape index (κ1) is 17.8. The molecule has 8 heteroatoms. The highest BCUT2D eigenvalue weighted by atomic mass is 32.2. The second-order valence-corrected chi connectivity index (χ2v) is 6.97. The van der Waals surface area contributed by atoms with E-state index in [2.05, 4.69) is 21.6 Å². The molecule has 1 unspecified atom stereocenters. The fraction of sp³-hybridized carbons (Fsp3) is 0.222. The summed E-state index contributed by atoms with van der Waals surface area (Å²) in [7, 11) is 1.85. The van der Waals surface area contributed by atoms with Crippen molar-refractivity contribution in [3.63, 3.8) is 0 Å². The number of benzene rings is 1. The molecule has 1 atom stereocenters. The Bertz CT molecular complexity index is 986. The van der Waals surface area contributed by atoms with Gasteiger partial charge in [-0.1, -0.05) is 23.9 Å². The second-order valence-electron chi connectivity index (χ2n) is 5.66. The van der Waals surface area contributed by atoms with E-state index < -0.39 is 5.25 Å². The number of carbonyl (C=O) groups excluding carboxylic acids is 1. The van der Waals surface area contributed by atoms with Gasteiger partial charge in [0.25, 0.3) is 0 Å². The Labute approximate surface area is 155 Å². The summed E-state index contributed by atoms with van der Waals surface area (Å²) in [4.78, 5) is 12.5. The predicted octanol–water partition coefficient (Wildman–Crippen LogP) is 3.37. The van der Waals surface area contributed by atoms with Gasteiger partial charge in [-0.2, -0.15) is 5.26 Å². The number of aryl methyl sites for hydroxylation is 1. The highest BCUT2D eigenvalue weighted by Crippen LogP contribution is 2.28. The number of para-hydroxylation sites is 1. The number of nitriles is 1. The molecule has 1 amide bonds. The van der Waals surface area contributed by atoms with Crippen LogP contribution in [-0.4, -0.2) is 25.9 Å². The number of aromatic nitrogens is 3. The van der Waals surface area contributed by atoms with Crippen molar-refractivity contribution in [1.82, 2.24) is 14.8 Å². The van der Waals surface area contributed by atoms with Gasteiger partial charge in [0.15, 0.2) is 11.0 Å². The van der Waals surface area contributed by atoms with Crippen molar-refractivity contribution in [3.8, 4) is 17.5 Å². The maximum absolute atomic E-state index is 12.5. The first-order chi connectivity index (χ1) is 12.5. The SMILES string of the molecule is Cc1occc1-c1nnc(SC(C)C(=O)Nc2ccccc2C#N)n1C. The molecule has 1 aromatic carbocycles. The van der Waals surface area contributed by atoms with E-state index in [-0.39, 0.29) is 5.91 Å². The maximum atomic E-state index is 12.5. The number of nitrogens with zero attached hydrogens (tertiary/aromatic N) is 4. The van der Waals surface area contributed by atoms with E-state index in [0.717, 1.165) is 11.3 Å². The zero-order valence-corrected chi connectivity index (χ0v) is 15.4. The molecule has 0 saturated carbocycles. The molecule has 1 N–H and O–H groups in total. The third-order valence-corrected chi connectivity index (χ3v) is 5.03. The monoisotopic (exact) mass is 367 g/mol. The molecule has 0 spiro atoms. The van der Waals surface area contributed by atoms with Crippen molar-refractivity contribution in [2.75, 3.05) is 5.32 Å². The molecule has 0 saturated heterocycles. The Morgan fingerprint density at radius 3 is 2.81 bits per heavy atom. The van der Waals surface area contributed by atoms with Gasteiger partial charge < -0.3 is 14.3 Å². The van der Waals surface area contributed by atoms with E-state index in [4.69, 9.17) is 9.68 Å². The van der Waals surface area contributed by atoms with Crippen LogP contribution in [0.3, 0.4) is 0 Å². The first-order valence-corrected chi connectivity index (χ1v) is 8.79. The normalized spacial score (nSPS) is 11.8. The summed E-state index contributed by atoms with van der Waals surface area (Å²) in [5.74, 6) is 1.24. The zero-order chi connectivity index (χ0) is 18.7. The Morgan fingerprint density at radius 2 is 2.12 bits per heavy atom. The highest BCUT2D eigenvalue weighted by Gasteiger charge is 2.21. The van der Waals surface area contributed by atoms with Crippen LogP contribution in [0.1, 0.15) is 18.2 Å². The maximum Gasteiger partial charge on any atom is 0.237 e. The lowest BCUT2D eigenvalue weighted by atomic mass is 10.2. The highest BCUT2D eigenvalue weighted by molar-refractivity contribution is 8.00. The fourth-order valence-corrected chi connectivity index (χ4v) is 3.22. The van der Waals surface area contributed by atoms with Crippen LogP contribution in [0.15, 0.2) is 46.2 Å². The van der Waals surface area contributed by atoms with Crippen LogP contribution >= 0.6 is 11.8 Å². The molecule has 2 aromatic heterocycles. The topological polar surface area (TPSA) is 96.7 Å². The summed E-state index contributed by atoms with van der Waals surface area (Å²) in [6.07, 6.45) is 1.61. The minimum absolute atomic E-state index is 0.207. The third kappa shape index (κ3) is 3.48. The quantitative estimate of drug-likeness (QED) is 0.695. The Balaban J connectivity index is 1.73. The summed E-state index contributed by atoms with van der Waals surface area (Å²) in [6.45, 7) is 3.64. The number of anilines is 1. The van der Waals surface area contributed by atoms with E-state index in [1.165, 1.54) is 11.8 Å². The lowest BCUT2D eigenvalue weighted by Crippen LogP contribution is -2.23. The predicted molar refractivity (Wildman–Crippen MR) is 98.5 cm³/mol. The molecule has 0 aliphatic carbocycles. The lowest BCUT2D eigenvalue weighted by molar-refractivity contribution is -0.115. The minimum atomic E-state index is -0.414. The summed E-state index contributed by atoms with van der Waals surface area (Å²) in [5.41, 5.74) is 1.79. The van der Waals surface area contributed by atoms with Gasteiger partial charge in [0, 0.05) is 7.05 Å². The molecule has 132 valence electrons. The van der Waals surface area contributed by atoms with Crippen LogP contribution in [0, 0.1) is 18.3 Å². The van der Waals surface area contributed by atoms with Crippen molar-refractivity contribution in [1.29, 1.82) is 5.26 Å². The number of furan rings is 1. The molecule has 3 rings (SSSR count).